The van der Waals surface area contributed by atoms with E-state index < -0.39 is 10.8 Å². The van der Waals surface area contributed by atoms with Gasteiger partial charge in [0.2, 0.25) is 0 Å². The molecular formula is C14H21NO3S. The second-order valence-electron chi connectivity index (χ2n) is 5.44. The van der Waals surface area contributed by atoms with Crippen molar-refractivity contribution >= 4 is 16.7 Å². The molecule has 0 radical (unpaired) electrons. The van der Waals surface area contributed by atoms with Crippen LogP contribution in [0.25, 0.3) is 0 Å². The van der Waals surface area contributed by atoms with Gasteiger partial charge in [-0.3, -0.25) is 9.00 Å². The lowest BCUT2D eigenvalue weighted by atomic mass is 10.1. The molecule has 1 aromatic rings. The largest absolute Gasteiger partial charge is 0.507 e. The molecular weight excluding hydrogens is 262 g/mol. The van der Waals surface area contributed by atoms with Crippen LogP contribution in [0.15, 0.2) is 18.2 Å². The SMILES string of the molecule is Cc1ccc(C(=O)NCCS(=O)C(C)(C)C)c(O)c1. The van der Waals surface area contributed by atoms with E-state index in [-0.39, 0.29) is 22.0 Å². The van der Waals surface area contributed by atoms with Gasteiger partial charge in [0.05, 0.1) is 5.56 Å². The van der Waals surface area contributed by atoms with Crippen LogP contribution in [0, 0.1) is 6.92 Å². The maximum Gasteiger partial charge on any atom is 0.255 e. The van der Waals surface area contributed by atoms with Crippen molar-refractivity contribution in [2.75, 3.05) is 12.3 Å². The molecule has 4 nitrogen and oxygen atoms in total. The molecule has 2 N–H and O–H groups in total. The third kappa shape index (κ3) is 4.67. The van der Waals surface area contributed by atoms with Gasteiger partial charge in [-0.25, -0.2) is 0 Å². The first-order valence-corrected chi connectivity index (χ1v) is 7.50. The van der Waals surface area contributed by atoms with Gasteiger partial charge in [-0.15, -0.1) is 0 Å². The van der Waals surface area contributed by atoms with E-state index in [9.17, 15) is 14.1 Å². The van der Waals surface area contributed by atoms with Gasteiger partial charge in [0.25, 0.3) is 5.91 Å². The Labute approximate surface area is 116 Å². The molecule has 0 bridgehead atoms. The van der Waals surface area contributed by atoms with Crippen molar-refractivity contribution < 1.29 is 14.1 Å². The number of benzene rings is 1. The highest BCUT2D eigenvalue weighted by Gasteiger charge is 2.19. The van der Waals surface area contributed by atoms with Crippen molar-refractivity contribution in [2.45, 2.75) is 32.4 Å². The number of phenols is 1. The molecule has 0 aliphatic carbocycles. The number of amides is 1. The van der Waals surface area contributed by atoms with Crippen LogP contribution in [0.1, 0.15) is 36.7 Å². The van der Waals surface area contributed by atoms with Crippen LogP contribution in [0.3, 0.4) is 0 Å². The average Bonchev–Trinajstić information content (AvgIpc) is 2.27. The zero-order valence-corrected chi connectivity index (χ0v) is 12.6. The Hall–Kier alpha value is -1.36. The summed E-state index contributed by atoms with van der Waals surface area (Å²) in [7, 11) is -0.996. The summed E-state index contributed by atoms with van der Waals surface area (Å²) in [4.78, 5) is 11.8. The van der Waals surface area contributed by atoms with Gasteiger partial charge >= 0.3 is 0 Å². The van der Waals surface area contributed by atoms with Crippen molar-refractivity contribution in [1.82, 2.24) is 5.32 Å². The van der Waals surface area contributed by atoms with Crippen LogP contribution in [0.2, 0.25) is 0 Å². The number of carbonyl (C=O) groups is 1. The Bertz CT molecular complexity index is 492. The summed E-state index contributed by atoms with van der Waals surface area (Å²) in [5.41, 5.74) is 1.13. The Morgan fingerprint density at radius 1 is 1.37 bits per heavy atom. The first kappa shape index (κ1) is 15.7. The van der Waals surface area contributed by atoms with Crippen molar-refractivity contribution in [1.29, 1.82) is 0 Å². The summed E-state index contributed by atoms with van der Waals surface area (Å²) in [6, 6.07) is 4.89. The third-order valence-electron chi connectivity index (χ3n) is 2.65. The minimum absolute atomic E-state index is 0.0329. The van der Waals surface area contributed by atoms with Gasteiger partial charge in [-0.1, -0.05) is 6.07 Å². The van der Waals surface area contributed by atoms with E-state index in [1.165, 1.54) is 0 Å². The number of hydrogen-bond donors (Lipinski definition) is 2. The summed E-state index contributed by atoms with van der Waals surface area (Å²) in [6.07, 6.45) is 0. The number of rotatable bonds is 4. The molecule has 0 aliphatic rings. The molecule has 1 rings (SSSR count). The molecule has 106 valence electrons. The number of carbonyl (C=O) groups excluding carboxylic acids is 1. The molecule has 0 saturated heterocycles. The molecule has 0 aromatic heterocycles. The normalized spacial score (nSPS) is 13.1. The molecule has 19 heavy (non-hydrogen) atoms. The Morgan fingerprint density at radius 3 is 2.53 bits per heavy atom. The van der Waals surface area contributed by atoms with Crippen molar-refractivity contribution in [3.8, 4) is 5.75 Å². The quantitative estimate of drug-likeness (QED) is 0.888. The van der Waals surface area contributed by atoms with E-state index >= 15 is 0 Å². The Kier molecular flexibility index (Phi) is 5.11. The average molecular weight is 283 g/mol. The van der Waals surface area contributed by atoms with Gasteiger partial charge in [0, 0.05) is 27.8 Å². The maximum absolute atomic E-state index is 11.8. The molecule has 5 heteroatoms. The topological polar surface area (TPSA) is 66.4 Å². The number of aryl methyl sites for hydroxylation is 1. The fraction of sp³-hybridized carbons (Fsp3) is 0.500. The van der Waals surface area contributed by atoms with Crippen molar-refractivity contribution in [3.05, 3.63) is 29.3 Å². The number of aromatic hydroxyl groups is 1. The first-order valence-electron chi connectivity index (χ1n) is 6.18. The lowest BCUT2D eigenvalue weighted by molar-refractivity contribution is 0.0953. The zero-order chi connectivity index (χ0) is 14.6. The summed E-state index contributed by atoms with van der Waals surface area (Å²) in [6.45, 7) is 7.87. The van der Waals surface area contributed by atoms with Gasteiger partial charge in [-0.2, -0.15) is 0 Å². The molecule has 0 saturated carbocycles. The van der Waals surface area contributed by atoms with E-state index in [4.69, 9.17) is 0 Å². The lowest BCUT2D eigenvalue weighted by Crippen LogP contribution is -2.32. The summed E-state index contributed by atoms with van der Waals surface area (Å²) in [5, 5.41) is 12.3. The second-order valence-corrected chi connectivity index (χ2v) is 7.76. The minimum atomic E-state index is -0.996. The molecule has 1 atom stereocenters. The molecule has 0 spiro atoms. The molecule has 0 aliphatic heterocycles. The van der Waals surface area contributed by atoms with Gasteiger partial charge < -0.3 is 10.4 Å². The van der Waals surface area contributed by atoms with Crippen molar-refractivity contribution in [2.24, 2.45) is 0 Å². The molecule has 1 unspecified atom stereocenters. The number of hydrogen-bond acceptors (Lipinski definition) is 3. The predicted molar refractivity (Wildman–Crippen MR) is 77.9 cm³/mol. The van der Waals surface area contributed by atoms with E-state index in [1.54, 1.807) is 18.2 Å². The maximum atomic E-state index is 11.8. The highest BCUT2D eigenvalue weighted by atomic mass is 32.2. The number of nitrogens with one attached hydrogen (secondary N) is 1. The minimum Gasteiger partial charge on any atom is -0.507 e. The van der Waals surface area contributed by atoms with Crippen molar-refractivity contribution in [3.63, 3.8) is 0 Å². The Balaban J connectivity index is 2.55. The smallest absolute Gasteiger partial charge is 0.255 e. The standard InChI is InChI=1S/C14H21NO3S/c1-10-5-6-11(12(16)9-10)13(17)15-7-8-19(18)14(2,3)4/h5-6,9,16H,7-8H2,1-4H3,(H,15,17). The van der Waals surface area contributed by atoms with Crippen LogP contribution < -0.4 is 5.32 Å². The number of phenolic OH excluding ortho intramolecular Hbond substituents is 1. The van der Waals surface area contributed by atoms with Gasteiger partial charge in [0.15, 0.2) is 0 Å². The van der Waals surface area contributed by atoms with E-state index in [0.29, 0.717) is 12.3 Å². The summed E-state index contributed by atoms with van der Waals surface area (Å²) >= 11 is 0. The fourth-order valence-electron chi connectivity index (χ4n) is 1.49. The third-order valence-corrected chi connectivity index (χ3v) is 4.59. The van der Waals surface area contributed by atoms with Crippen LogP contribution >= 0.6 is 0 Å². The highest BCUT2D eigenvalue weighted by Crippen LogP contribution is 2.18. The lowest BCUT2D eigenvalue weighted by Gasteiger charge is -2.17. The summed E-state index contributed by atoms with van der Waals surface area (Å²) in [5.74, 6) is 0.0276. The van der Waals surface area contributed by atoms with Gasteiger partial charge in [0.1, 0.15) is 5.75 Å². The molecule has 1 aromatic carbocycles. The fourth-order valence-corrected chi connectivity index (χ4v) is 2.39. The van der Waals surface area contributed by atoms with Crippen LogP contribution in [0.4, 0.5) is 0 Å². The molecule has 0 fully saturated rings. The zero-order valence-electron chi connectivity index (χ0n) is 11.8. The van der Waals surface area contributed by atoms with Crippen LogP contribution in [-0.2, 0) is 10.8 Å². The van der Waals surface area contributed by atoms with Gasteiger partial charge in [-0.05, 0) is 45.4 Å². The molecule has 0 heterocycles. The summed E-state index contributed by atoms with van der Waals surface area (Å²) < 4.78 is 11.5. The predicted octanol–water partition coefficient (Wildman–Crippen LogP) is 1.98. The molecule has 1 amide bonds. The van der Waals surface area contributed by atoms with E-state index in [1.807, 2.05) is 27.7 Å². The van der Waals surface area contributed by atoms with Crippen LogP contribution in [-0.4, -0.2) is 32.3 Å². The Morgan fingerprint density at radius 2 is 2.00 bits per heavy atom. The highest BCUT2D eigenvalue weighted by molar-refractivity contribution is 7.86. The van der Waals surface area contributed by atoms with E-state index in [2.05, 4.69) is 5.32 Å². The second kappa shape index (κ2) is 6.19. The monoisotopic (exact) mass is 283 g/mol. The van der Waals surface area contributed by atoms with Crippen LogP contribution in [0.5, 0.6) is 5.75 Å². The first-order chi connectivity index (χ1) is 8.71. The van der Waals surface area contributed by atoms with E-state index in [0.717, 1.165) is 5.56 Å².